The summed E-state index contributed by atoms with van der Waals surface area (Å²) in [7, 11) is 0. The van der Waals surface area contributed by atoms with E-state index in [0.29, 0.717) is 5.56 Å². The minimum atomic E-state index is -0.483. The molecule has 1 aliphatic carbocycles. The van der Waals surface area contributed by atoms with Crippen LogP contribution in [0.5, 0.6) is 5.75 Å². The van der Waals surface area contributed by atoms with E-state index in [1.807, 2.05) is 18.2 Å². The van der Waals surface area contributed by atoms with Gasteiger partial charge in [-0.3, -0.25) is 4.98 Å². The van der Waals surface area contributed by atoms with Crippen molar-refractivity contribution in [2.24, 2.45) is 0 Å². The van der Waals surface area contributed by atoms with Gasteiger partial charge in [0.2, 0.25) is 0 Å². The number of fused-ring (bicyclic) bond motifs is 3. The Morgan fingerprint density at radius 3 is 1.49 bits per heavy atom. The molecule has 3 heteroatoms. The van der Waals surface area contributed by atoms with Gasteiger partial charge in [-0.25, -0.2) is 4.98 Å². The Morgan fingerprint density at radius 1 is 0.369 bits per heavy atom. The van der Waals surface area contributed by atoms with Crippen LogP contribution in [-0.4, -0.2) is 15.1 Å². The zero-order valence-electron chi connectivity index (χ0n) is 38.3. The highest BCUT2D eigenvalue weighted by atomic mass is 16.3. The van der Waals surface area contributed by atoms with Crippen LogP contribution in [0.15, 0.2) is 194 Å². The molecule has 9 aromatic rings. The second-order valence-electron chi connectivity index (χ2n) is 19.7. The summed E-state index contributed by atoms with van der Waals surface area (Å²) in [6, 6.07) is 69.6. The molecule has 1 N–H and O–H groups in total. The average Bonchev–Trinajstić information content (AvgIpc) is 3.61. The third-order valence-corrected chi connectivity index (χ3v) is 13.2. The smallest absolute Gasteiger partial charge is 0.124 e. The molecule has 3 nitrogen and oxygen atoms in total. The average molecular weight is 843 g/mol. The van der Waals surface area contributed by atoms with E-state index in [-0.39, 0.29) is 16.6 Å². The van der Waals surface area contributed by atoms with Crippen molar-refractivity contribution in [1.82, 2.24) is 9.97 Å². The van der Waals surface area contributed by atoms with Crippen molar-refractivity contribution in [3.63, 3.8) is 0 Å². The normalized spacial score (nSPS) is 13.0. The van der Waals surface area contributed by atoms with Crippen LogP contribution < -0.4 is 0 Å². The van der Waals surface area contributed by atoms with Gasteiger partial charge >= 0.3 is 0 Å². The summed E-state index contributed by atoms with van der Waals surface area (Å²) >= 11 is 0. The summed E-state index contributed by atoms with van der Waals surface area (Å²) in [5.41, 5.74) is 20.1. The molecular formula is C62H54N2O. The van der Waals surface area contributed by atoms with E-state index < -0.39 is 5.41 Å². The van der Waals surface area contributed by atoms with Crippen LogP contribution in [0.2, 0.25) is 0 Å². The summed E-state index contributed by atoms with van der Waals surface area (Å²) < 4.78 is 0. The molecule has 0 unspecified atom stereocenters. The lowest BCUT2D eigenvalue weighted by Crippen LogP contribution is -2.28. The van der Waals surface area contributed by atoms with Crippen LogP contribution in [0.1, 0.15) is 80.6 Å². The zero-order valence-corrected chi connectivity index (χ0v) is 38.3. The van der Waals surface area contributed by atoms with Gasteiger partial charge in [0.15, 0.2) is 0 Å². The van der Waals surface area contributed by atoms with Crippen molar-refractivity contribution in [2.45, 2.75) is 64.7 Å². The first kappa shape index (κ1) is 41.6. The largest absolute Gasteiger partial charge is 0.507 e. The van der Waals surface area contributed by atoms with Crippen molar-refractivity contribution in [2.75, 3.05) is 0 Å². The monoisotopic (exact) mass is 842 g/mol. The van der Waals surface area contributed by atoms with Crippen molar-refractivity contribution in [1.29, 1.82) is 0 Å². The lowest BCUT2D eigenvalue weighted by Gasteiger charge is -2.34. The highest BCUT2D eigenvalue weighted by molar-refractivity contribution is 5.89. The fraction of sp³-hybridized carbons (Fsp3) is 0.161. The molecule has 0 fully saturated rings. The molecule has 1 aliphatic rings. The molecule has 65 heavy (non-hydrogen) atoms. The molecule has 10 rings (SSSR count). The molecule has 0 atom stereocenters. The molecule has 0 amide bonds. The predicted molar refractivity (Wildman–Crippen MR) is 270 cm³/mol. The Labute approximate surface area is 384 Å². The SMILES string of the molecule is Cc1cc(-c2ccc3c(c2)C(c2ccccc2)(c2ccccc2)c2ccccc2-3)cc(-c2cccc(-c3cc(-c4cc(C(C)(C)C)cc(C(C)(C)C)c4)cc(-c4ccccc4O)n3)c2)n1. The number of phenolic OH excluding ortho intramolecular Hbond substituents is 1. The number of para-hydroxylation sites is 1. The maximum atomic E-state index is 11.1. The zero-order chi connectivity index (χ0) is 45.1. The maximum absolute atomic E-state index is 11.1. The van der Waals surface area contributed by atoms with E-state index in [1.165, 1.54) is 44.5 Å². The third kappa shape index (κ3) is 7.55. The van der Waals surface area contributed by atoms with Crippen molar-refractivity contribution in [3.8, 4) is 72.9 Å². The molecular weight excluding hydrogens is 789 g/mol. The van der Waals surface area contributed by atoms with Gasteiger partial charge < -0.3 is 5.11 Å². The first-order valence-corrected chi connectivity index (χ1v) is 22.7. The number of aromatic nitrogens is 2. The number of rotatable bonds is 7. The number of phenols is 1. The molecule has 2 aromatic heterocycles. The fourth-order valence-corrected chi connectivity index (χ4v) is 9.78. The van der Waals surface area contributed by atoms with Gasteiger partial charge in [-0.05, 0) is 133 Å². The van der Waals surface area contributed by atoms with E-state index >= 15 is 0 Å². The Hall–Kier alpha value is -7.36. The molecule has 0 spiro atoms. The van der Waals surface area contributed by atoms with Crippen LogP contribution in [0, 0.1) is 6.92 Å². The highest BCUT2D eigenvalue weighted by Gasteiger charge is 2.46. The van der Waals surface area contributed by atoms with Crippen LogP contribution >= 0.6 is 0 Å². The number of nitrogens with zero attached hydrogens (tertiary/aromatic N) is 2. The summed E-state index contributed by atoms with van der Waals surface area (Å²) in [5, 5.41) is 11.1. The second-order valence-corrected chi connectivity index (χ2v) is 19.7. The van der Waals surface area contributed by atoms with Crippen molar-refractivity contribution >= 4 is 0 Å². The Morgan fingerprint density at radius 2 is 0.877 bits per heavy atom. The quantitative estimate of drug-likeness (QED) is 0.174. The van der Waals surface area contributed by atoms with Gasteiger partial charge in [0.25, 0.3) is 0 Å². The van der Waals surface area contributed by atoms with Crippen LogP contribution in [0.25, 0.3) is 67.2 Å². The molecule has 0 radical (unpaired) electrons. The van der Waals surface area contributed by atoms with Gasteiger partial charge in [-0.2, -0.15) is 0 Å². The number of hydrogen-bond donors (Lipinski definition) is 1. The molecule has 0 bridgehead atoms. The summed E-state index contributed by atoms with van der Waals surface area (Å²) in [5.74, 6) is 0.201. The maximum Gasteiger partial charge on any atom is 0.124 e. The Balaban J connectivity index is 1.10. The predicted octanol–water partition coefficient (Wildman–Crippen LogP) is 15.8. The number of hydrogen-bond acceptors (Lipinski definition) is 3. The number of pyridine rings is 2. The lowest BCUT2D eigenvalue weighted by atomic mass is 9.67. The van der Waals surface area contributed by atoms with Crippen LogP contribution in [0.4, 0.5) is 0 Å². The van der Waals surface area contributed by atoms with Crippen molar-refractivity contribution < 1.29 is 5.11 Å². The van der Waals surface area contributed by atoms with Crippen LogP contribution in [-0.2, 0) is 16.2 Å². The minimum absolute atomic E-state index is 0.0435. The second kappa shape index (κ2) is 16.0. The number of aryl methyl sites for hydroxylation is 1. The molecule has 7 aromatic carbocycles. The first-order valence-electron chi connectivity index (χ1n) is 22.7. The Kier molecular flexibility index (Phi) is 10.3. The summed E-state index contributed by atoms with van der Waals surface area (Å²) in [4.78, 5) is 10.4. The van der Waals surface area contributed by atoms with E-state index in [9.17, 15) is 5.11 Å². The third-order valence-electron chi connectivity index (χ3n) is 13.2. The van der Waals surface area contributed by atoms with E-state index in [0.717, 1.165) is 56.2 Å². The van der Waals surface area contributed by atoms with Gasteiger partial charge in [-0.1, -0.05) is 187 Å². The topological polar surface area (TPSA) is 46.0 Å². The molecule has 0 aliphatic heterocycles. The van der Waals surface area contributed by atoms with Gasteiger partial charge in [-0.15, -0.1) is 0 Å². The fourth-order valence-electron chi connectivity index (χ4n) is 9.78. The first-order chi connectivity index (χ1) is 31.3. The molecule has 318 valence electrons. The molecule has 0 saturated carbocycles. The van der Waals surface area contributed by atoms with E-state index in [1.54, 1.807) is 6.07 Å². The van der Waals surface area contributed by atoms with Gasteiger partial charge in [0.1, 0.15) is 5.75 Å². The van der Waals surface area contributed by atoms with Gasteiger partial charge in [0, 0.05) is 22.4 Å². The number of benzene rings is 7. The molecule has 0 saturated heterocycles. The molecule has 2 heterocycles. The van der Waals surface area contributed by atoms with E-state index in [4.69, 9.17) is 9.97 Å². The highest BCUT2D eigenvalue weighted by Crippen LogP contribution is 2.56. The summed E-state index contributed by atoms with van der Waals surface area (Å²) in [6.07, 6.45) is 0. The standard InChI is InChI=1S/C62H54N2O/c1-40-31-44(41-29-30-52-51-25-14-16-27-54(51)62(55(52)35-41,47-21-10-8-11-22-47)48-23-12-9-13-24-48)36-56(63-40)42-19-18-20-43(32-42)57-37-46(38-58(64-57)53-26-15-17-28-59(53)65)45-33-49(60(2,3)4)39-50(34-45)61(5,6)7/h8-39,65H,1-7H3. The number of aromatic hydroxyl groups is 1. The Bertz CT molecular complexity index is 3170. The van der Waals surface area contributed by atoms with Gasteiger partial charge in [0.05, 0.1) is 22.5 Å². The van der Waals surface area contributed by atoms with Crippen molar-refractivity contribution in [3.05, 3.63) is 233 Å². The lowest BCUT2D eigenvalue weighted by molar-refractivity contribution is 0.477. The summed E-state index contributed by atoms with van der Waals surface area (Å²) in [6.45, 7) is 15.7. The van der Waals surface area contributed by atoms with Crippen LogP contribution in [0.3, 0.4) is 0 Å². The van der Waals surface area contributed by atoms with E-state index in [2.05, 4.69) is 218 Å². The minimum Gasteiger partial charge on any atom is -0.507 e.